The minimum Gasteiger partial charge on any atom is -0.493 e. The van der Waals surface area contributed by atoms with Crippen LogP contribution in [0, 0.1) is 5.92 Å². The number of hydrogen-bond acceptors (Lipinski definition) is 3. The quantitative estimate of drug-likeness (QED) is 0.254. The molecule has 3 aromatic carbocycles. The molecular formula is C34H42N2O2. The van der Waals surface area contributed by atoms with E-state index in [0.29, 0.717) is 12.6 Å². The molecule has 38 heavy (non-hydrogen) atoms. The van der Waals surface area contributed by atoms with Crippen molar-refractivity contribution in [2.45, 2.75) is 64.3 Å². The predicted octanol–water partition coefficient (Wildman–Crippen LogP) is 6.92. The van der Waals surface area contributed by atoms with Crippen LogP contribution >= 0.6 is 0 Å². The van der Waals surface area contributed by atoms with Crippen molar-refractivity contribution in [2.75, 3.05) is 26.2 Å². The molecule has 1 atom stereocenters. The third-order valence-electron chi connectivity index (χ3n) is 8.02. The molecule has 4 nitrogen and oxygen atoms in total. The maximum Gasteiger partial charge on any atom is 0.251 e. The summed E-state index contributed by atoms with van der Waals surface area (Å²) in [6.45, 7) is 6.11. The van der Waals surface area contributed by atoms with Gasteiger partial charge in [0, 0.05) is 18.2 Å². The Morgan fingerprint density at radius 3 is 2.45 bits per heavy atom. The SMILES string of the molecule is CCCN(CCCCNC(=O)c1ccc(-c2ccccc2)cc1)[C@@H]1CCc2c(cccc2OCC2CC2)C1. The molecule has 2 aliphatic rings. The average Bonchev–Trinajstić information content (AvgIpc) is 3.80. The Morgan fingerprint density at radius 1 is 0.895 bits per heavy atom. The van der Waals surface area contributed by atoms with Crippen LogP contribution in [0.1, 0.15) is 66.9 Å². The summed E-state index contributed by atoms with van der Waals surface area (Å²) in [5, 5.41) is 3.12. The highest BCUT2D eigenvalue weighted by Gasteiger charge is 2.27. The summed E-state index contributed by atoms with van der Waals surface area (Å²) in [6, 6.07) is 25.4. The number of ether oxygens (including phenoxy) is 1. The molecule has 0 spiro atoms. The van der Waals surface area contributed by atoms with Gasteiger partial charge in [0.25, 0.3) is 5.91 Å². The van der Waals surface area contributed by atoms with Crippen LogP contribution < -0.4 is 10.1 Å². The highest BCUT2D eigenvalue weighted by molar-refractivity contribution is 5.94. The summed E-state index contributed by atoms with van der Waals surface area (Å²) in [4.78, 5) is 15.3. The monoisotopic (exact) mass is 510 g/mol. The number of amides is 1. The van der Waals surface area contributed by atoms with Gasteiger partial charge in [0.15, 0.2) is 0 Å². The van der Waals surface area contributed by atoms with Gasteiger partial charge in [-0.2, -0.15) is 0 Å². The molecular weight excluding hydrogens is 468 g/mol. The lowest BCUT2D eigenvalue weighted by molar-refractivity contribution is 0.0952. The highest BCUT2D eigenvalue weighted by Crippen LogP contribution is 2.34. The summed E-state index contributed by atoms with van der Waals surface area (Å²) in [6.07, 6.45) is 9.35. The van der Waals surface area contributed by atoms with Crippen molar-refractivity contribution in [3.8, 4) is 16.9 Å². The molecule has 0 radical (unpaired) electrons. The van der Waals surface area contributed by atoms with Gasteiger partial charge in [-0.15, -0.1) is 0 Å². The lowest BCUT2D eigenvalue weighted by atomic mass is 9.86. The molecule has 5 rings (SSSR count). The highest BCUT2D eigenvalue weighted by atomic mass is 16.5. The fraction of sp³-hybridized carbons (Fsp3) is 0.441. The zero-order valence-electron chi connectivity index (χ0n) is 22.8. The number of carbonyl (C=O) groups excluding carboxylic acids is 1. The molecule has 0 aliphatic heterocycles. The Hall–Kier alpha value is -3.11. The van der Waals surface area contributed by atoms with E-state index in [1.807, 2.05) is 42.5 Å². The second kappa shape index (κ2) is 13.1. The van der Waals surface area contributed by atoms with Gasteiger partial charge >= 0.3 is 0 Å². The maximum absolute atomic E-state index is 12.6. The molecule has 0 bridgehead atoms. The standard InChI is InChI=1S/C34H42N2O2/c1-2-22-36(31-19-20-32-30(24-31)11-8-12-33(32)38-25-26-13-14-26)23-7-6-21-35-34(37)29-17-15-28(16-18-29)27-9-4-3-5-10-27/h3-5,8-12,15-18,26,31H,2,6-7,13-14,19-25H2,1H3,(H,35,37)/t31-/m1/s1. The number of rotatable bonds is 13. The number of carbonyl (C=O) groups is 1. The van der Waals surface area contributed by atoms with Gasteiger partial charge in [-0.1, -0.05) is 61.5 Å². The van der Waals surface area contributed by atoms with Gasteiger partial charge in [0.1, 0.15) is 5.75 Å². The van der Waals surface area contributed by atoms with Crippen molar-refractivity contribution in [3.05, 3.63) is 89.5 Å². The van der Waals surface area contributed by atoms with E-state index < -0.39 is 0 Å². The zero-order chi connectivity index (χ0) is 26.2. The van der Waals surface area contributed by atoms with E-state index in [2.05, 4.69) is 47.5 Å². The van der Waals surface area contributed by atoms with Gasteiger partial charge in [0.2, 0.25) is 0 Å². The lowest BCUT2D eigenvalue weighted by Crippen LogP contribution is -2.40. The third kappa shape index (κ3) is 7.05. The van der Waals surface area contributed by atoms with Crippen molar-refractivity contribution < 1.29 is 9.53 Å². The van der Waals surface area contributed by atoms with Crippen LogP contribution in [0.15, 0.2) is 72.8 Å². The summed E-state index contributed by atoms with van der Waals surface area (Å²) in [5.41, 5.74) is 5.94. The second-order valence-electron chi connectivity index (χ2n) is 11.0. The Morgan fingerprint density at radius 2 is 1.68 bits per heavy atom. The van der Waals surface area contributed by atoms with Crippen LogP contribution in [0.25, 0.3) is 11.1 Å². The van der Waals surface area contributed by atoms with Crippen LogP contribution in [0.4, 0.5) is 0 Å². The molecule has 0 unspecified atom stereocenters. The van der Waals surface area contributed by atoms with Crippen molar-refractivity contribution in [2.24, 2.45) is 5.92 Å². The molecule has 3 aromatic rings. The van der Waals surface area contributed by atoms with Crippen LogP contribution in [0.3, 0.4) is 0 Å². The van der Waals surface area contributed by atoms with E-state index in [1.54, 1.807) is 0 Å². The van der Waals surface area contributed by atoms with E-state index >= 15 is 0 Å². The second-order valence-corrected chi connectivity index (χ2v) is 11.0. The number of benzene rings is 3. The van der Waals surface area contributed by atoms with Gasteiger partial charge in [-0.25, -0.2) is 0 Å². The predicted molar refractivity (Wildman–Crippen MR) is 156 cm³/mol. The number of nitrogens with zero attached hydrogens (tertiary/aromatic N) is 1. The fourth-order valence-corrected chi connectivity index (χ4v) is 5.64. The Bertz CT molecular complexity index is 1170. The third-order valence-corrected chi connectivity index (χ3v) is 8.02. The van der Waals surface area contributed by atoms with Gasteiger partial charge in [-0.05, 0) is 111 Å². The van der Waals surface area contributed by atoms with E-state index in [9.17, 15) is 4.79 Å². The summed E-state index contributed by atoms with van der Waals surface area (Å²) in [5.74, 6) is 1.92. The van der Waals surface area contributed by atoms with Gasteiger partial charge < -0.3 is 15.0 Å². The molecule has 0 heterocycles. The van der Waals surface area contributed by atoms with E-state index in [0.717, 1.165) is 68.2 Å². The smallest absolute Gasteiger partial charge is 0.251 e. The summed E-state index contributed by atoms with van der Waals surface area (Å²) >= 11 is 0. The van der Waals surface area contributed by atoms with Crippen molar-refractivity contribution in [1.29, 1.82) is 0 Å². The average molecular weight is 511 g/mol. The normalized spacial score (nSPS) is 16.7. The van der Waals surface area contributed by atoms with Crippen LogP contribution in [-0.2, 0) is 12.8 Å². The Labute approximate surface area is 228 Å². The Kier molecular flexibility index (Phi) is 9.14. The number of fused-ring (bicyclic) bond motifs is 1. The molecule has 0 saturated heterocycles. The van der Waals surface area contributed by atoms with Crippen LogP contribution in [0.2, 0.25) is 0 Å². The fourth-order valence-electron chi connectivity index (χ4n) is 5.64. The number of nitrogens with one attached hydrogen (secondary N) is 1. The first kappa shape index (κ1) is 26.5. The summed E-state index contributed by atoms with van der Waals surface area (Å²) < 4.78 is 6.19. The minimum atomic E-state index is 0.0126. The zero-order valence-corrected chi connectivity index (χ0v) is 22.8. The summed E-state index contributed by atoms with van der Waals surface area (Å²) in [7, 11) is 0. The molecule has 2 aliphatic carbocycles. The molecule has 4 heteroatoms. The number of unbranched alkanes of at least 4 members (excludes halogenated alkanes) is 1. The van der Waals surface area contributed by atoms with Gasteiger partial charge in [0.05, 0.1) is 6.61 Å². The molecule has 1 amide bonds. The molecule has 200 valence electrons. The van der Waals surface area contributed by atoms with E-state index in [1.165, 1.54) is 42.4 Å². The maximum atomic E-state index is 12.6. The lowest BCUT2D eigenvalue weighted by Gasteiger charge is -2.35. The number of hydrogen-bond donors (Lipinski definition) is 1. The first-order valence-corrected chi connectivity index (χ1v) is 14.6. The molecule has 0 aromatic heterocycles. The van der Waals surface area contributed by atoms with E-state index in [-0.39, 0.29) is 5.91 Å². The van der Waals surface area contributed by atoms with Crippen molar-refractivity contribution >= 4 is 5.91 Å². The van der Waals surface area contributed by atoms with Gasteiger partial charge in [-0.3, -0.25) is 4.79 Å². The first-order chi connectivity index (χ1) is 18.7. The molecule has 1 N–H and O–H groups in total. The van der Waals surface area contributed by atoms with E-state index in [4.69, 9.17) is 4.74 Å². The van der Waals surface area contributed by atoms with Crippen molar-refractivity contribution in [1.82, 2.24) is 10.2 Å². The van der Waals surface area contributed by atoms with Crippen molar-refractivity contribution in [3.63, 3.8) is 0 Å². The van der Waals surface area contributed by atoms with Crippen LogP contribution in [0.5, 0.6) is 5.75 Å². The topological polar surface area (TPSA) is 41.6 Å². The molecule has 1 fully saturated rings. The first-order valence-electron chi connectivity index (χ1n) is 14.6. The largest absolute Gasteiger partial charge is 0.493 e. The van der Waals surface area contributed by atoms with Crippen LogP contribution in [-0.4, -0.2) is 43.1 Å². The minimum absolute atomic E-state index is 0.0126. The Balaban J connectivity index is 1.06. The molecule has 1 saturated carbocycles.